The summed E-state index contributed by atoms with van der Waals surface area (Å²) in [5.41, 5.74) is -0.303. The van der Waals surface area contributed by atoms with E-state index >= 15 is 0 Å². The molecule has 0 aromatic heterocycles. The average Bonchev–Trinajstić information content (AvgIpc) is 1.63. The van der Waals surface area contributed by atoms with Crippen molar-refractivity contribution < 1.29 is 19.8 Å². The van der Waals surface area contributed by atoms with Crippen molar-refractivity contribution in [2.24, 2.45) is 0 Å². The number of aliphatic carboxylic acids is 2. The first-order valence-corrected chi connectivity index (χ1v) is 2.17. The third kappa shape index (κ3) is 6.07. The first-order chi connectivity index (χ1) is 4.04. The zero-order valence-electron chi connectivity index (χ0n) is 4.63. The molecule has 0 bridgehead atoms. The predicted octanol–water partition coefficient (Wildman–Crippen LogP) is -0.814. The molecule has 0 fully saturated rings. The Balaban J connectivity index is 0. The van der Waals surface area contributed by atoms with Crippen molar-refractivity contribution in [1.82, 2.24) is 0 Å². The van der Waals surface area contributed by atoms with E-state index in [0.29, 0.717) is 0 Å². The minimum absolute atomic E-state index is 0. The molecule has 0 atom stereocenters. The van der Waals surface area contributed by atoms with Crippen molar-refractivity contribution in [2.45, 2.75) is 6.42 Å². The molecule has 2 N–H and O–H groups in total. The SMILES string of the molecule is C=C(CC(=O)O)C(=O)O.[CaH2]. The number of carbonyl (C=O) groups is 2. The van der Waals surface area contributed by atoms with E-state index in [-0.39, 0.29) is 43.3 Å². The van der Waals surface area contributed by atoms with Gasteiger partial charge in [-0.1, -0.05) is 6.58 Å². The summed E-state index contributed by atoms with van der Waals surface area (Å²) in [7, 11) is 0. The van der Waals surface area contributed by atoms with Gasteiger partial charge in [-0.15, -0.1) is 0 Å². The molecule has 0 aliphatic heterocycles. The van der Waals surface area contributed by atoms with Crippen molar-refractivity contribution in [1.29, 1.82) is 0 Å². The maximum atomic E-state index is 9.87. The quantitative estimate of drug-likeness (QED) is 0.431. The molecule has 0 aromatic rings. The number of carboxylic acid groups (broad SMARTS) is 2. The first kappa shape index (κ1) is 12.6. The van der Waals surface area contributed by atoms with Crippen LogP contribution >= 0.6 is 0 Å². The van der Waals surface area contributed by atoms with Crippen LogP contribution in [-0.4, -0.2) is 59.9 Å². The van der Waals surface area contributed by atoms with Crippen molar-refractivity contribution in [3.05, 3.63) is 12.2 Å². The van der Waals surface area contributed by atoms with E-state index in [2.05, 4.69) is 6.58 Å². The van der Waals surface area contributed by atoms with Gasteiger partial charge in [0.2, 0.25) is 0 Å². The van der Waals surface area contributed by atoms with Gasteiger partial charge in [0.1, 0.15) is 0 Å². The van der Waals surface area contributed by atoms with Crippen LogP contribution in [0.1, 0.15) is 6.42 Å². The molecule has 4 nitrogen and oxygen atoms in total. The molecule has 0 aromatic carbocycles. The monoisotopic (exact) mass is 172 g/mol. The van der Waals surface area contributed by atoms with Crippen molar-refractivity contribution in [2.75, 3.05) is 0 Å². The zero-order valence-corrected chi connectivity index (χ0v) is 4.63. The summed E-state index contributed by atoms with van der Waals surface area (Å²) in [6.07, 6.45) is -0.505. The Labute approximate surface area is 87.5 Å². The Kier molecular flexibility index (Phi) is 7.19. The van der Waals surface area contributed by atoms with Gasteiger partial charge < -0.3 is 10.2 Å². The van der Waals surface area contributed by atoms with Crippen LogP contribution in [0.25, 0.3) is 0 Å². The Morgan fingerprint density at radius 3 is 1.80 bits per heavy atom. The van der Waals surface area contributed by atoms with E-state index in [0.717, 1.165) is 0 Å². The van der Waals surface area contributed by atoms with Crippen LogP contribution in [0, 0.1) is 0 Å². The Morgan fingerprint density at radius 2 is 1.70 bits per heavy atom. The molecular weight excluding hydrogens is 164 g/mol. The van der Waals surface area contributed by atoms with Gasteiger partial charge in [0.25, 0.3) is 0 Å². The average molecular weight is 172 g/mol. The molecule has 5 heteroatoms. The minimum atomic E-state index is -1.27. The van der Waals surface area contributed by atoms with Crippen LogP contribution in [0.3, 0.4) is 0 Å². The summed E-state index contributed by atoms with van der Waals surface area (Å²) in [6.45, 7) is 3.01. The van der Waals surface area contributed by atoms with Gasteiger partial charge in [-0.05, 0) is 0 Å². The van der Waals surface area contributed by atoms with Crippen molar-refractivity contribution in [3.63, 3.8) is 0 Å². The first-order valence-electron chi connectivity index (χ1n) is 2.17. The fourth-order valence-electron chi connectivity index (χ4n) is 0.258. The van der Waals surface area contributed by atoms with Crippen LogP contribution in [-0.2, 0) is 9.59 Å². The number of hydrogen-bond acceptors (Lipinski definition) is 2. The maximum absolute atomic E-state index is 9.87. The molecule has 0 radical (unpaired) electrons. The van der Waals surface area contributed by atoms with E-state index in [4.69, 9.17) is 10.2 Å². The molecule has 0 rings (SSSR count). The third-order valence-corrected chi connectivity index (χ3v) is 0.667. The fourth-order valence-corrected chi connectivity index (χ4v) is 0.258. The Hall–Kier alpha value is -0.0603. The molecule has 54 valence electrons. The summed E-state index contributed by atoms with van der Waals surface area (Å²) >= 11 is 0. The molecule has 0 aliphatic rings. The van der Waals surface area contributed by atoms with Crippen LogP contribution < -0.4 is 0 Å². The Bertz CT molecular complexity index is 163. The van der Waals surface area contributed by atoms with Crippen molar-refractivity contribution >= 4 is 49.7 Å². The molecule has 0 saturated carbocycles. The molecular formula is C5H8CaO4. The van der Waals surface area contributed by atoms with E-state index in [1.165, 1.54) is 0 Å². The van der Waals surface area contributed by atoms with Crippen LogP contribution in [0.2, 0.25) is 0 Å². The van der Waals surface area contributed by atoms with Gasteiger partial charge >= 0.3 is 49.7 Å². The van der Waals surface area contributed by atoms with Gasteiger partial charge in [0.05, 0.1) is 6.42 Å². The van der Waals surface area contributed by atoms with Gasteiger partial charge in [0.15, 0.2) is 0 Å². The second-order valence-corrected chi connectivity index (χ2v) is 1.48. The molecule has 0 aliphatic carbocycles. The fraction of sp³-hybridized carbons (Fsp3) is 0.200. The topological polar surface area (TPSA) is 74.6 Å². The molecule has 0 amide bonds. The van der Waals surface area contributed by atoms with E-state index in [9.17, 15) is 9.59 Å². The second-order valence-electron chi connectivity index (χ2n) is 1.48. The van der Waals surface area contributed by atoms with E-state index in [1.807, 2.05) is 0 Å². The Morgan fingerprint density at radius 1 is 1.30 bits per heavy atom. The molecule has 0 heterocycles. The van der Waals surface area contributed by atoms with E-state index < -0.39 is 18.4 Å². The molecule has 0 saturated heterocycles. The van der Waals surface area contributed by atoms with Crippen LogP contribution in [0.4, 0.5) is 0 Å². The summed E-state index contributed by atoms with van der Waals surface area (Å²) in [5, 5.41) is 16.1. The van der Waals surface area contributed by atoms with Crippen molar-refractivity contribution in [3.8, 4) is 0 Å². The summed E-state index contributed by atoms with van der Waals surface area (Å²) in [5.74, 6) is -2.44. The molecule has 10 heavy (non-hydrogen) atoms. The molecule has 0 spiro atoms. The van der Waals surface area contributed by atoms with Gasteiger partial charge in [0, 0.05) is 5.57 Å². The summed E-state index contributed by atoms with van der Waals surface area (Å²) in [6, 6.07) is 0. The predicted molar refractivity (Wildman–Crippen MR) is 37.6 cm³/mol. The standard InChI is InChI=1S/C5H6O4.Ca.2H/c1-3(5(8)9)2-4(6)7;;;/h1-2H2,(H,6,7)(H,8,9);;;. The number of carboxylic acids is 2. The van der Waals surface area contributed by atoms with Gasteiger partial charge in [-0.2, -0.15) is 0 Å². The van der Waals surface area contributed by atoms with E-state index in [1.54, 1.807) is 0 Å². The summed E-state index contributed by atoms with van der Waals surface area (Å²) in [4.78, 5) is 19.7. The second kappa shape index (κ2) is 5.70. The zero-order chi connectivity index (χ0) is 7.44. The van der Waals surface area contributed by atoms with Crippen LogP contribution in [0.5, 0.6) is 0 Å². The van der Waals surface area contributed by atoms with Gasteiger partial charge in [-0.3, -0.25) is 4.79 Å². The number of rotatable bonds is 3. The third-order valence-electron chi connectivity index (χ3n) is 0.667. The summed E-state index contributed by atoms with van der Waals surface area (Å²) < 4.78 is 0. The normalized spacial score (nSPS) is 7.60. The number of hydrogen-bond donors (Lipinski definition) is 2. The molecule has 0 unspecified atom stereocenters. The van der Waals surface area contributed by atoms with Crippen LogP contribution in [0.15, 0.2) is 12.2 Å². The van der Waals surface area contributed by atoms with Gasteiger partial charge in [-0.25, -0.2) is 4.79 Å².